The lowest BCUT2D eigenvalue weighted by Gasteiger charge is -2.09. The molecule has 0 atom stereocenters. The van der Waals surface area contributed by atoms with E-state index in [-0.39, 0.29) is 17.5 Å². The lowest BCUT2D eigenvalue weighted by molar-refractivity contribution is -0.387. The molecular weight excluding hydrogens is 303 g/mol. The molecule has 0 fully saturated rings. The van der Waals surface area contributed by atoms with Crippen LogP contribution in [0, 0.1) is 15.9 Å². The smallest absolute Gasteiger partial charge is 0.304 e. The molecular formula is C12H17FN2O5S. The summed E-state index contributed by atoms with van der Waals surface area (Å²) in [4.78, 5) is 9.20. The highest BCUT2D eigenvalue weighted by atomic mass is 32.2. The number of rotatable bonds is 8. The largest absolute Gasteiger partial charge is 0.379 e. The molecule has 0 heterocycles. The number of benzene rings is 1. The number of nitro groups is 1. The molecule has 1 aromatic rings. The molecule has 9 heteroatoms. The minimum Gasteiger partial charge on any atom is -0.379 e. The first-order chi connectivity index (χ1) is 9.74. The average molecular weight is 320 g/mol. The molecule has 0 unspecified atom stereocenters. The maximum Gasteiger partial charge on any atom is 0.304 e. The summed E-state index contributed by atoms with van der Waals surface area (Å²) < 4.78 is 44.7. The van der Waals surface area contributed by atoms with Gasteiger partial charge in [0, 0.05) is 25.3 Å². The van der Waals surface area contributed by atoms with Gasteiger partial charge >= 0.3 is 5.69 Å². The predicted octanol–water partition coefficient (Wildman–Crippen LogP) is 1.83. The Hall–Kier alpha value is -1.58. The Morgan fingerprint density at radius 2 is 2.10 bits per heavy atom. The van der Waals surface area contributed by atoms with E-state index < -0.39 is 26.5 Å². The summed E-state index contributed by atoms with van der Waals surface area (Å²) in [5, 5.41) is 10.5. The first-order valence-electron chi connectivity index (χ1n) is 6.29. The molecule has 0 saturated heterocycles. The molecule has 1 N–H and O–H groups in total. The molecule has 0 amide bonds. The van der Waals surface area contributed by atoms with Gasteiger partial charge in [-0.05, 0) is 26.3 Å². The van der Waals surface area contributed by atoms with Crippen molar-refractivity contribution in [3.05, 3.63) is 34.1 Å². The van der Waals surface area contributed by atoms with Crippen LogP contribution in [0.2, 0.25) is 0 Å². The van der Waals surface area contributed by atoms with E-state index in [1.165, 1.54) is 0 Å². The third-order valence-corrected chi connectivity index (χ3v) is 3.95. The van der Waals surface area contributed by atoms with Crippen molar-refractivity contribution in [2.24, 2.45) is 0 Å². The van der Waals surface area contributed by atoms with Crippen molar-refractivity contribution < 1.29 is 22.5 Å². The molecule has 0 saturated carbocycles. The molecule has 1 aromatic carbocycles. The lowest BCUT2D eigenvalue weighted by atomic mass is 10.3. The van der Waals surface area contributed by atoms with Crippen molar-refractivity contribution in [2.75, 3.05) is 13.2 Å². The summed E-state index contributed by atoms with van der Waals surface area (Å²) >= 11 is 0. The van der Waals surface area contributed by atoms with E-state index >= 15 is 0 Å². The van der Waals surface area contributed by atoms with Crippen molar-refractivity contribution >= 4 is 15.7 Å². The van der Waals surface area contributed by atoms with E-state index in [2.05, 4.69) is 4.72 Å². The summed E-state index contributed by atoms with van der Waals surface area (Å²) in [6, 6.07) is 2.45. The van der Waals surface area contributed by atoms with E-state index in [4.69, 9.17) is 4.74 Å². The maximum atomic E-state index is 13.4. The standard InChI is InChI=1S/C12H17FN2O5S/c1-9(2)20-7-3-6-14-21(18,19)10-4-5-12(15(16)17)11(13)8-10/h4-5,8-9,14H,3,6-7H2,1-2H3. The molecule has 1 rings (SSSR count). The minimum atomic E-state index is -3.89. The van der Waals surface area contributed by atoms with Crippen LogP contribution in [-0.4, -0.2) is 32.6 Å². The van der Waals surface area contributed by atoms with Crippen molar-refractivity contribution in [1.29, 1.82) is 0 Å². The van der Waals surface area contributed by atoms with Crippen LogP contribution in [-0.2, 0) is 14.8 Å². The fourth-order valence-electron chi connectivity index (χ4n) is 1.48. The summed E-state index contributed by atoms with van der Waals surface area (Å²) in [6.07, 6.45) is 0.526. The summed E-state index contributed by atoms with van der Waals surface area (Å²) in [6.45, 7) is 4.26. The van der Waals surface area contributed by atoms with Gasteiger partial charge in [-0.2, -0.15) is 4.39 Å². The second-order valence-electron chi connectivity index (χ2n) is 4.54. The number of halogens is 1. The monoisotopic (exact) mass is 320 g/mol. The summed E-state index contributed by atoms with van der Waals surface area (Å²) in [7, 11) is -3.89. The van der Waals surface area contributed by atoms with Crippen molar-refractivity contribution in [1.82, 2.24) is 4.72 Å². The number of hydrogen-bond donors (Lipinski definition) is 1. The maximum absolute atomic E-state index is 13.4. The van der Waals surface area contributed by atoms with Gasteiger partial charge in [0.25, 0.3) is 0 Å². The van der Waals surface area contributed by atoms with E-state index in [9.17, 15) is 22.9 Å². The van der Waals surface area contributed by atoms with Gasteiger partial charge in [-0.25, -0.2) is 13.1 Å². The minimum absolute atomic E-state index is 0.0605. The van der Waals surface area contributed by atoms with E-state index in [1.54, 1.807) is 0 Å². The first kappa shape index (κ1) is 17.5. The fraction of sp³-hybridized carbons (Fsp3) is 0.500. The molecule has 0 spiro atoms. The molecule has 118 valence electrons. The van der Waals surface area contributed by atoms with Crippen LogP contribution >= 0.6 is 0 Å². The number of sulfonamides is 1. The number of nitrogens with one attached hydrogen (secondary N) is 1. The third kappa shape index (κ3) is 5.37. The van der Waals surface area contributed by atoms with Crippen LogP contribution in [0.1, 0.15) is 20.3 Å². The number of nitro benzene ring substituents is 1. The Balaban J connectivity index is 2.66. The van der Waals surface area contributed by atoms with Crippen molar-refractivity contribution in [3.63, 3.8) is 0 Å². The molecule has 0 aliphatic carbocycles. The fourth-order valence-corrected chi connectivity index (χ4v) is 2.57. The van der Waals surface area contributed by atoms with Gasteiger partial charge in [0.05, 0.1) is 15.9 Å². The lowest BCUT2D eigenvalue weighted by Crippen LogP contribution is -2.26. The van der Waals surface area contributed by atoms with Gasteiger partial charge < -0.3 is 4.74 Å². The zero-order valence-corrected chi connectivity index (χ0v) is 12.5. The summed E-state index contributed by atoms with van der Waals surface area (Å²) in [5.74, 6) is -1.19. The van der Waals surface area contributed by atoms with Crippen LogP contribution in [0.5, 0.6) is 0 Å². The van der Waals surface area contributed by atoms with Gasteiger partial charge in [-0.15, -0.1) is 0 Å². The highest BCUT2D eigenvalue weighted by molar-refractivity contribution is 7.89. The molecule has 0 aliphatic rings. The van der Waals surface area contributed by atoms with Gasteiger partial charge in [0.2, 0.25) is 15.8 Å². The third-order valence-electron chi connectivity index (χ3n) is 2.49. The Kier molecular flexibility index (Phi) is 6.19. The van der Waals surface area contributed by atoms with Crippen LogP contribution in [0.3, 0.4) is 0 Å². The van der Waals surface area contributed by atoms with Gasteiger partial charge in [0.1, 0.15) is 0 Å². The average Bonchev–Trinajstić information content (AvgIpc) is 2.37. The molecule has 0 aliphatic heterocycles. The van der Waals surface area contributed by atoms with Crippen molar-refractivity contribution in [3.8, 4) is 0 Å². The van der Waals surface area contributed by atoms with Gasteiger partial charge in [0.15, 0.2) is 0 Å². The SMILES string of the molecule is CC(C)OCCCNS(=O)(=O)c1ccc([N+](=O)[O-])c(F)c1. The number of hydrogen-bond acceptors (Lipinski definition) is 5. The van der Waals surface area contributed by atoms with E-state index in [0.717, 1.165) is 12.1 Å². The number of ether oxygens (including phenoxy) is 1. The van der Waals surface area contributed by atoms with E-state index in [1.807, 2.05) is 13.8 Å². The van der Waals surface area contributed by atoms with Crippen LogP contribution in [0.4, 0.5) is 10.1 Å². The second-order valence-corrected chi connectivity index (χ2v) is 6.31. The van der Waals surface area contributed by atoms with Crippen molar-refractivity contribution in [2.45, 2.75) is 31.3 Å². The Bertz CT molecular complexity index is 604. The molecule has 0 bridgehead atoms. The molecule has 0 radical (unpaired) electrons. The number of nitrogens with zero attached hydrogens (tertiary/aromatic N) is 1. The van der Waals surface area contributed by atoms with Crippen LogP contribution < -0.4 is 4.72 Å². The topological polar surface area (TPSA) is 98.5 Å². The molecule has 0 aromatic heterocycles. The predicted molar refractivity (Wildman–Crippen MR) is 73.9 cm³/mol. The molecule has 7 nitrogen and oxygen atoms in total. The van der Waals surface area contributed by atoms with Crippen LogP contribution in [0.25, 0.3) is 0 Å². The highest BCUT2D eigenvalue weighted by Crippen LogP contribution is 2.20. The Morgan fingerprint density at radius 3 is 2.62 bits per heavy atom. The highest BCUT2D eigenvalue weighted by Gasteiger charge is 2.20. The second kappa shape index (κ2) is 7.43. The quantitative estimate of drug-likeness (QED) is 0.447. The summed E-state index contributed by atoms with van der Waals surface area (Å²) in [5.41, 5.74) is -0.765. The normalized spacial score (nSPS) is 11.8. The first-order valence-corrected chi connectivity index (χ1v) is 7.77. The Labute approximate surface area is 122 Å². The van der Waals surface area contributed by atoms with Gasteiger partial charge in [-0.3, -0.25) is 10.1 Å². The zero-order valence-electron chi connectivity index (χ0n) is 11.7. The zero-order chi connectivity index (χ0) is 16.0. The van der Waals surface area contributed by atoms with Gasteiger partial charge in [-0.1, -0.05) is 0 Å². The Morgan fingerprint density at radius 1 is 1.43 bits per heavy atom. The molecule has 21 heavy (non-hydrogen) atoms. The van der Waals surface area contributed by atoms with Crippen LogP contribution in [0.15, 0.2) is 23.1 Å². The van der Waals surface area contributed by atoms with E-state index in [0.29, 0.717) is 19.1 Å².